The number of rotatable bonds is 6. The minimum Gasteiger partial charge on any atom is -0.313 e. The first-order valence-electron chi connectivity index (χ1n) is 8.15. The zero-order valence-corrected chi connectivity index (χ0v) is 12.9. The molecular formula is C20H25N. The van der Waals surface area contributed by atoms with Crippen LogP contribution in [-0.4, -0.2) is 7.05 Å². The Morgan fingerprint density at radius 3 is 2.19 bits per heavy atom. The highest BCUT2D eigenvalue weighted by atomic mass is 14.9. The predicted octanol–water partition coefficient (Wildman–Crippen LogP) is 4.73. The third kappa shape index (κ3) is 3.74. The lowest BCUT2D eigenvalue weighted by Crippen LogP contribution is -2.23. The molecule has 0 saturated heterocycles. The van der Waals surface area contributed by atoms with Crippen LogP contribution in [0.1, 0.15) is 48.4 Å². The van der Waals surface area contributed by atoms with Crippen LogP contribution < -0.4 is 5.32 Å². The summed E-state index contributed by atoms with van der Waals surface area (Å²) in [6.07, 6.45) is 6.58. The van der Waals surface area contributed by atoms with Crippen molar-refractivity contribution in [2.75, 3.05) is 7.05 Å². The number of benzene rings is 2. The van der Waals surface area contributed by atoms with Gasteiger partial charge in [0.15, 0.2) is 0 Å². The number of hydrogen-bond acceptors (Lipinski definition) is 1. The van der Waals surface area contributed by atoms with Crippen LogP contribution in [0.3, 0.4) is 0 Å². The molecule has 1 saturated carbocycles. The molecule has 0 aliphatic heterocycles. The van der Waals surface area contributed by atoms with Gasteiger partial charge < -0.3 is 5.32 Å². The number of hydrogen-bond donors (Lipinski definition) is 1. The first-order chi connectivity index (χ1) is 10.3. The zero-order valence-electron chi connectivity index (χ0n) is 12.9. The average molecular weight is 279 g/mol. The normalized spacial score (nSPS) is 16.4. The Labute approximate surface area is 128 Å². The molecule has 1 nitrogen and oxygen atoms in total. The van der Waals surface area contributed by atoms with E-state index in [0.717, 1.165) is 12.3 Å². The molecule has 2 aromatic rings. The Bertz CT molecular complexity index is 540. The van der Waals surface area contributed by atoms with E-state index in [1.165, 1.54) is 42.4 Å². The van der Waals surface area contributed by atoms with Crippen molar-refractivity contribution in [2.24, 2.45) is 5.92 Å². The molecule has 21 heavy (non-hydrogen) atoms. The quantitative estimate of drug-likeness (QED) is 0.806. The van der Waals surface area contributed by atoms with E-state index < -0.39 is 0 Å². The lowest BCUT2D eigenvalue weighted by molar-refractivity contribution is 0.265. The van der Waals surface area contributed by atoms with Crippen LogP contribution in [0.25, 0.3) is 0 Å². The monoisotopic (exact) mass is 279 g/mol. The van der Waals surface area contributed by atoms with Gasteiger partial charge in [-0.05, 0) is 42.5 Å². The Kier molecular flexibility index (Phi) is 4.72. The lowest BCUT2D eigenvalue weighted by Gasteiger charge is -2.29. The molecular weight excluding hydrogens is 254 g/mol. The molecule has 0 amide bonds. The van der Waals surface area contributed by atoms with Crippen LogP contribution in [0.4, 0.5) is 0 Å². The van der Waals surface area contributed by atoms with Crippen molar-refractivity contribution in [2.45, 2.75) is 38.1 Å². The van der Waals surface area contributed by atoms with Gasteiger partial charge in [-0.1, -0.05) is 73.9 Å². The van der Waals surface area contributed by atoms with Crippen molar-refractivity contribution >= 4 is 0 Å². The summed E-state index contributed by atoms with van der Waals surface area (Å²) in [7, 11) is 2.08. The summed E-state index contributed by atoms with van der Waals surface area (Å²) in [6, 6.07) is 20.4. The Morgan fingerprint density at radius 2 is 1.62 bits per heavy atom. The second-order valence-electron chi connectivity index (χ2n) is 6.28. The SMILES string of the molecule is CNC(CC1CCC1)c1ccc(Cc2ccccc2)cc1. The van der Waals surface area contributed by atoms with E-state index in [-0.39, 0.29) is 0 Å². The van der Waals surface area contributed by atoms with Gasteiger partial charge in [-0.2, -0.15) is 0 Å². The standard InChI is InChI=1S/C20H25N/c1-21-20(15-17-8-5-9-17)19-12-10-18(11-13-19)14-16-6-3-2-4-7-16/h2-4,6-7,10-13,17,20-21H,5,8-9,14-15H2,1H3. The molecule has 1 fully saturated rings. The summed E-state index contributed by atoms with van der Waals surface area (Å²) < 4.78 is 0. The minimum absolute atomic E-state index is 0.515. The van der Waals surface area contributed by atoms with Crippen molar-refractivity contribution in [1.29, 1.82) is 0 Å². The van der Waals surface area contributed by atoms with Crippen LogP contribution in [0.15, 0.2) is 54.6 Å². The molecule has 110 valence electrons. The molecule has 3 rings (SSSR count). The van der Waals surface area contributed by atoms with Gasteiger partial charge in [0, 0.05) is 6.04 Å². The fourth-order valence-corrected chi connectivity index (χ4v) is 3.18. The van der Waals surface area contributed by atoms with Crippen LogP contribution in [0.5, 0.6) is 0 Å². The second-order valence-corrected chi connectivity index (χ2v) is 6.28. The van der Waals surface area contributed by atoms with Gasteiger partial charge in [0.2, 0.25) is 0 Å². The maximum atomic E-state index is 3.49. The smallest absolute Gasteiger partial charge is 0.0320 e. The maximum Gasteiger partial charge on any atom is 0.0320 e. The van der Waals surface area contributed by atoms with E-state index in [2.05, 4.69) is 67.0 Å². The largest absolute Gasteiger partial charge is 0.313 e. The Hall–Kier alpha value is -1.60. The van der Waals surface area contributed by atoms with E-state index in [4.69, 9.17) is 0 Å². The van der Waals surface area contributed by atoms with Gasteiger partial charge in [-0.3, -0.25) is 0 Å². The van der Waals surface area contributed by atoms with Crippen molar-refractivity contribution in [3.63, 3.8) is 0 Å². The highest BCUT2D eigenvalue weighted by Crippen LogP contribution is 2.34. The molecule has 0 spiro atoms. The summed E-state index contributed by atoms with van der Waals surface area (Å²) >= 11 is 0. The fraction of sp³-hybridized carbons (Fsp3) is 0.400. The molecule has 1 aliphatic carbocycles. The summed E-state index contributed by atoms with van der Waals surface area (Å²) in [5.41, 5.74) is 4.20. The molecule has 2 aromatic carbocycles. The highest BCUT2D eigenvalue weighted by molar-refractivity contribution is 5.30. The Morgan fingerprint density at radius 1 is 0.952 bits per heavy atom. The summed E-state index contributed by atoms with van der Waals surface area (Å²) in [5, 5.41) is 3.49. The summed E-state index contributed by atoms with van der Waals surface area (Å²) in [6.45, 7) is 0. The van der Waals surface area contributed by atoms with Gasteiger partial charge in [0.25, 0.3) is 0 Å². The van der Waals surface area contributed by atoms with Crippen molar-refractivity contribution in [3.8, 4) is 0 Å². The van der Waals surface area contributed by atoms with Crippen LogP contribution in [-0.2, 0) is 6.42 Å². The van der Waals surface area contributed by atoms with Crippen molar-refractivity contribution in [1.82, 2.24) is 5.32 Å². The first-order valence-corrected chi connectivity index (χ1v) is 8.15. The molecule has 0 radical (unpaired) electrons. The van der Waals surface area contributed by atoms with E-state index in [1.807, 2.05) is 0 Å². The number of nitrogens with one attached hydrogen (secondary N) is 1. The molecule has 1 aliphatic rings. The third-order valence-corrected chi connectivity index (χ3v) is 4.78. The van der Waals surface area contributed by atoms with Crippen molar-refractivity contribution in [3.05, 3.63) is 71.3 Å². The van der Waals surface area contributed by atoms with E-state index >= 15 is 0 Å². The van der Waals surface area contributed by atoms with Crippen LogP contribution in [0, 0.1) is 5.92 Å². The van der Waals surface area contributed by atoms with Gasteiger partial charge in [0.1, 0.15) is 0 Å². The third-order valence-electron chi connectivity index (χ3n) is 4.78. The average Bonchev–Trinajstić information content (AvgIpc) is 2.49. The molecule has 0 bridgehead atoms. The molecule has 1 N–H and O–H groups in total. The van der Waals surface area contributed by atoms with E-state index in [9.17, 15) is 0 Å². The highest BCUT2D eigenvalue weighted by Gasteiger charge is 2.22. The van der Waals surface area contributed by atoms with E-state index in [0.29, 0.717) is 6.04 Å². The van der Waals surface area contributed by atoms with Crippen molar-refractivity contribution < 1.29 is 0 Å². The molecule has 1 heteroatoms. The Balaban J connectivity index is 1.64. The van der Waals surface area contributed by atoms with E-state index in [1.54, 1.807) is 0 Å². The van der Waals surface area contributed by atoms with Crippen LogP contribution >= 0.6 is 0 Å². The van der Waals surface area contributed by atoms with Gasteiger partial charge in [-0.15, -0.1) is 0 Å². The second kappa shape index (κ2) is 6.91. The summed E-state index contributed by atoms with van der Waals surface area (Å²) in [4.78, 5) is 0. The minimum atomic E-state index is 0.515. The lowest BCUT2D eigenvalue weighted by atomic mass is 9.79. The van der Waals surface area contributed by atoms with Gasteiger partial charge in [-0.25, -0.2) is 0 Å². The van der Waals surface area contributed by atoms with Gasteiger partial charge >= 0.3 is 0 Å². The predicted molar refractivity (Wildman–Crippen MR) is 89.4 cm³/mol. The summed E-state index contributed by atoms with van der Waals surface area (Å²) in [5.74, 6) is 0.937. The molecule has 0 heterocycles. The van der Waals surface area contributed by atoms with Crippen LogP contribution in [0.2, 0.25) is 0 Å². The topological polar surface area (TPSA) is 12.0 Å². The fourth-order valence-electron chi connectivity index (χ4n) is 3.18. The molecule has 1 atom stereocenters. The zero-order chi connectivity index (χ0) is 14.5. The van der Waals surface area contributed by atoms with Gasteiger partial charge in [0.05, 0.1) is 0 Å². The first kappa shape index (κ1) is 14.3. The maximum absolute atomic E-state index is 3.49. The molecule has 0 aromatic heterocycles. The molecule has 1 unspecified atom stereocenters.